The van der Waals surface area contributed by atoms with Crippen LogP contribution in [-0.2, 0) is 10.0 Å². The van der Waals surface area contributed by atoms with Gasteiger partial charge in [-0.05, 0) is 33.8 Å². The van der Waals surface area contributed by atoms with Crippen molar-refractivity contribution in [2.75, 3.05) is 31.1 Å². The maximum atomic E-state index is 13.0. The van der Waals surface area contributed by atoms with Gasteiger partial charge in [-0.15, -0.1) is 0 Å². The summed E-state index contributed by atoms with van der Waals surface area (Å²) in [6.07, 6.45) is 1.51. The zero-order chi connectivity index (χ0) is 20.8. The fourth-order valence-corrected chi connectivity index (χ4v) is 5.33. The minimum Gasteiger partial charge on any atom is -0.360 e. The molecule has 0 aromatic carbocycles. The molecular formula is C18H23N7O3S. The van der Waals surface area contributed by atoms with Gasteiger partial charge in [-0.1, -0.05) is 5.16 Å². The Morgan fingerprint density at radius 1 is 0.966 bits per heavy atom. The highest BCUT2D eigenvalue weighted by Gasteiger charge is 2.33. The normalized spacial score (nSPS) is 15.8. The molecule has 11 heteroatoms. The molecule has 0 saturated carbocycles. The van der Waals surface area contributed by atoms with E-state index in [9.17, 15) is 8.42 Å². The molecule has 0 spiro atoms. The standard InChI is InChI=1S/C18H23N7O3S/c1-12-9-13(2)25(21-12)17-10-16(19-11-20-17)23-5-7-24(8-6-23)29(26,27)18-14(3)22-28-15(18)4/h9-11H,5-8H2,1-4H3. The van der Waals surface area contributed by atoms with E-state index in [1.807, 2.05) is 26.0 Å². The van der Waals surface area contributed by atoms with E-state index < -0.39 is 10.0 Å². The minimum absolute atomic E-state index is 0.166. The lowest BCUT2D eigenvalue weighted by Gasteiger charge is -2.34. The van der Waals surface area contributed by atoms with E-state index in [4.69, 9.17) is 4.52 Å². The lowest BCUT2D eigenvalue weighted by Crippen LogP contribution is -2.49. The molecule has 3 aromatic rings. The molecular weight excluding hydrogens is 394 g/mol. The molecule has 0 aliphatic carbocycles. The quantitative estimate of drug-likeness (QED) is 0.626. The maximum Gasteiger partial charge on any atom is 0.248 e. The van der Waals surface area contributed by atoms with Crippen molar-refractivity contribution in [3.05, 3.63) is 41.3 Å². The molecule has 0 unspecified atom stereocenters. The summed E-state index contributed by atoms with van der Waals surface area (Å²) in [4.78, 5) is 10.9. The fourth-order valence-electron chi connectivity index (χ4n) is 3.62. The first-order chi connectivity index (χ1) is 13.8. The van der Waals surface area contributed by atoms with Gasteiger partial charge in [0, 0.05) is 37.9 Å². The molecule has 10 nitrogen and oxygen atoms in total. The number of sulfonamides is 1. The molecule has 29 heavy (non-hydrogen) atoms. The van der Waals surface area contributed by atoms with Crippen molar-refractivity contribution >= 4 is 15.8 Å². The number of hydrogen-bond donors (Lipinski definition) is 0. The van der Waals surface area contributed by atoms with Crippen LogP contribution in [0.4, 0.5) is 5.82 Å². The van der Waals surface area contributed by atoms with Crippen LogP contribution >= 0.6 is 0 Å². The first-order valence-electron chi connectivity index (χ1n) is 9.31. The minimum atomic E-state index is -3.64. The molecule has 1 aliphatic heterocycles. The number of hydrogen-bond acceptors (Lipinski definition) is 8. The highest BCUT2D eigenvalue weighted by Crippen LogP contribution is 2.25. The molecule has 0 radical (unpaired) electrons. The second-order valence-corrected chi connectivity index (χ2v) is 8.99. The summed E-state index contributed by atoms with van der Waals surface area (Å²) < 4.78 is 34.3. The number of aryl methyl sites for hydroxylation is 4. The molecule has 1 fully saturated rings. The van der Waals surface area contributed by atoms with Crippen molar-refractivity contribution in [3.8, 4) is 5.82 Å². The molecule has 4 heterocycles. The summed E-state index contributed by atoms with van der Waals surface area (Å²) in [5.74, 6) is 1.75. The van der Waals surface area contributed by atoms with Crippen LogP contribution in [0.1, 0.15) is 22.8 Å². The monoisotopic (exact) mass is 417 g/mol. The Morgan fingerprint density at radius 3 is 2.24 bits per heavy atom. The zero-order valence-corrected chi connectivity index (χ0v) is 17.6. The third-order valence-corrected chi connectivity index (χ3v) is 7.14. The Hall–Kier alpha value is -2.79. The van der Waals surface area contributed by atoms with Crippen molar-refractivity contribution < 1.29 is 12.9 Å². The Labute approximate surface area is 169 Å². The van der Waals surface area contributed by atoms with Crippen LogP contribution in [0.3, 0.4) is 0 Å². The summed E-state index contributed by atoms with van der Waals surface area (Å²) in [6.45, 7) is 8.92. The van der Waals surface area contributed by atoms with Crippen molar-refractivity contribution in [3.63, 3.8) is 0 Å². The van der Waals surface area contributed by atoms with E-state index in [-0.39, 0.29) is 4.90 Å². The summed E-state index contributed by atoms with van der Waals surface area (Å²) in [5.41, 5.74) is 2.29. The number of piperazine rings is 1. The van der Waals surface area contributed by atoms with Crippen LogP contribution in [-0.4, -0.2) is 63.8 Å². The third-order valence-electron chi connectivity index (χ3n) is 4.99. The van der Waals surface area contributed by atoms with E-state index >= 15 is 0 Å². The van der Waals surface area contributed by atoms with E-state index in [0.717, 1.165) is 17.2 Å². The van der Waals surface area contributed by atoms with Crippen molar-refractivity contribution in [1.29, 1.82) is 0 Å². The van der Waals surface area contributed by atoms with Gasteiger partial charge in [0.15, 0.2) is 11.6 Å². The molecule has 0 bridgehead atoms. The lowest BCUT2D eigenvalue weighted by molar-refractivity contribution is 0.377. The van der Waals surface area contributed by atoms with Crippen molar-refractivity contribution in [2.45, 2.75) is 32.6 Å². The summed E-state index contributed by atoms with van der Waals surface area (Å²) in [7, 11) is -3.64. The predicted octanol–water partition coefficient (Wildman–Crippen LogP) is 1.39. The van der Waals surface area contributed by atoms with Gasteiger partial charge in [0.25, 0.3) is 0 Å². The number of aromatic nitrogens is 5. The summed E-state index contributed by atoms with van der Waals surface area (Å²) >= 11 is 0. The van der Waals surface area contributed by atoms with Crippen LogP contribution in [0.2, 0.25) is 0 Å². The van der Waals surface area contributed by atoms with Gasteiger partial charge in [0.1, 0.15) is 22.7 Å². The average molecular weight is 417 g/mol. The number of anilines is 1. The average Bonchev–Trinajstić information content (AvgIpc) is 3.22. The predicted molar refractivity (Wildman–Crippen MR) is 106 cm³/mol. The number of rotatable bonds is 4. The van der Waals surface area contributed by atoms with E-state index in [2.05, 4.69) is 25.1 Å². The molecule has 1 aliphatic rings. The van der Waals surface area contributed by atoms with Gasteiger partial charge in [0.2, 0.25) is 10.0 Å². The smallest absolute Gasteiger partial charge is 0.248 e. The van der Waals surface area contributed by atoms with Crippen LogP contribution < -0.4 is 4.90 Å². The second kappa shape index (κ2) is 7.23. The highest BCUT2D eigenvalue weighted by atomic mass is 32.2. The molecule has 0 atom stereocenters. The Balaban J connectivity index is 1.52. The van der Waals surface area contributed by atoms with Gasteiger partial charge in [-0.25, -0.2) is 23.1 Å². The van der Waals surface area contributed by atoms with Gasteiger partial charge >= 0.3 is 0 Å². The molecule has 0 N–H and O–H groups in total. The van der Waals surface area contributed by atoms with Crippen LogP contribution in [0, 0.1) is 27.7 Å². The molecule has 3 aromatic heterocycles. The first kappa shape index (κ1) is 19.5. The van der Waals surface area contributed by atoms with E-state index in [0.29, 0.717) is 43.5 Å². The van der Waals surface area contributed by atoms with E-state index in [1.54, 1.807) is 18.5 Å². The van der Waals surface area contributed by atoms with Gasteiger partial charge in [0.05, 0.1) is 5.69 Å². The SMILES string of the molecule is Cc1cc(C)n(-c2cc(N3CCN(S(=O)(=O)c4c(C)noc4C)CC3)ncn2)n1. The fraction of sp³-hybridized carbons (Fsp3) is 0.444. The summed E-state index contributed by atoms with van der Waals surface area (Å²) in [5, 5.41) is 8.23. The Bertz CT molecular complexity index is 1120. The van der Waals surface area contributed by atoms with Gasteiger partial charge < -0.3 is 9.42 Å². The molecule has 4 rings (SSSR count). The van der Waals surface area contributed by atoms with Crippen molar-refractivity contribution in [2.24, 2.45) is 0 Å². The molecule has 0 amide bonds. The van der Waals surface area contributed by atoms with E-state index in [1.165, 1.54) is 10.6 Å². The molecule has 1 saturated heterocycles. The third kappa shape index (κ3) is 3.51. The Kier molecular flexibility index (Phi) is 4.87. The van der Waals surface area contributed by atoms with Crippen LogP contribution in [0.5, 0.6) is 0 Å². The van der Waals surface area contributed by atoms with Crippen molar-refractivity contribution in [1.82, 2.24) is 29.2 Å². The second-order valence-electron chi connectivity index (χ2n) is 7.12. The Morgan fingerprint density at radius 2 is 1.66 bits per heavy atom. The highest BCUT2D eigenvalue weighted by molar-refractivity contribution is 7.89. The van der Waals surface area contributed by atoms with Gasteiger partial charge in [-0.2, -0.15) is 9.40 Å². The van der Waals surface area contributed by atoms with Crippen LogP contribution in [0.25, 0.3) is 5.82 Å². The maximum absolute atomic E-state index is 13.0. The zero-order valence-electron chi connectivity index (χ0n) is 16.8. The lowest BCUT2D eigenvalue weighted by atomic mass is 10.3. The topological polar surface area (TPSA) is 110 Å². The molecule has 154 valence electrons. The van der Waals surface area contributed by atoms with Crippen LogP contribution in [0.15, 0.2) is 27.9 Å². The first-order valence-corrected chi connectivity index (χ1v) is 10.7. The largest absolute Gasteiger partial charge is 0.360 e. The van der Waals surface area contributed by atoms with Gasteiger partial charge in [-0.3, -0.25) is 0 Å². The summed E-state index contributed by atoms with van der Waals surface area (Å²) in [6, 6.07) is 3.86. The number of nitrogens with zero attached hydrogens (tertiary/aromatic N) is 7.